The highest BCUT2D eigenvalue weighted by Crippen LogP contribution is 2.43. The number of rotatable bonds is 61. The Balaban J connectivity index is 4.09. The highest BCUT2D eigenvalue weighted by atomic mass is 31.2. The lowest BCUT2D eigenvalue weighted by atomic mass is 10.1. The summed E-state index contributed by atoms with van der Waals surface area (Å²) in [5.74, 6) is -0.885. The van der Waals surface area contributed by atoms with Gasteiger partial charge in [-0.25, -0.2) is 4.57 Å². The number of ether oxygens (including phenoxy) is 2. The summed E-state index contributed by atoms with van der Waals surface area (Å²) in [6, 6.07) is 0. The number of carbonyl (C=O) groups excluding carboxylic acids is 2. The second-order valence-corrected chi connectivity index (χ2v) is 23.0. The summed E-state index contributed by atoms with van der Waals surface area (Å²) in [5, 5.41) is 0. The molecule has 2 unspecified atom stereocenters. The molecule has 0 radical (unpaired) electrons. The molecule has 0 aromatic rings. The molecule has 0 heterocycles. The van der Waals surface area contributed by atoms with E-state index in [1.807, 2.05) is 0 Å². The van der Waals surface area contributed by atoms with Crippen LogP contribution in [0.3, 0.4) is 0 Å². The lowest BCUT2D eigenvalue weighted by molar-refractivity contribution is -0.161. The minimum absolute atomic E-state index is 0.0351. The molecule has 0 aliphatic rings. The number of unbranched alkanes of at least 4 members (excludes halogenated alkanes) is 12. The number of esters is 2. The lowest BCUT2D eigenvalue weighted by Crippen LogP contribution is -2.29. The maximum absolute atomic E-state index is 12.8. The summed E-state index contributed by atoms with van der Waals surface area (Å²) in [6.07, 6.45) is 111. The van der Waals surface area contributed by atoms with Crippen molar-refractivity contribution in [3.05, 3.63) is 219 Å². The van der Waals surface area contributed by atoms with Gasteiger partial charge in [-0.15, -0.1) is 0 Å². The predicted molar refractivity (Wildman–Crippen MR) is 384 cm³/mol. The average molecular weight is 1240 g/mol. The van der Waals surface area contributed by atoms with Crippen molar-refractivity contribution in [1.29, 1.82) is 0 Å². The molecule has 0 bridgehead atoms. The highest BCUT2D eigenvalue weighted by Gasteiger charge is 2.26. The zero-order chi connectivity index (χ0) is 64.4. The molecule has 2 atom stereocenters. The van der Waals surface area contributed by atoms with E-state index in [4.69, 9.17) is 24.3 Å². The fourth-order valence-electron chi connectivity index (χ4n) is 8.38. The molecular formula is C79H122NO8P. The van der Waals surface area contributed by atoms with Gasteiger partial charge in [0.25, 0.3) is 0 Å². The first kappa shape index (κ1) is 83.3. The van der Waals surface area contributed by atoms with Crippen molar-refractivity contribution < 1.29 is 37.6 Å². The quantitative estimate of drug-likeness (QED) is 0.0264. The summed E-state index contributed by atoms with van der Waals surface area (Å²) in [7, 11) is -4.42. The van der Waals surface area contributed by atoms with Gasteiger partial charge >= 0.3 is 19.8 Å². The molecule has 0 saturated heterocycles. The Morgan fingerprint density at radius 3 is 0.865 bits per heavy atom. The molecule has 9 nitrogen and oxygen atoms in total. The number of allylic oxidation sites excluding steroid dienone is 36. The molecular weight excluding hydrogens is 1120 g/mol. The van der Waals surface area contributed by atoms with E-state index in [1.165, 1.54) is 25.7 Å². The van der Waals surface area contributed by atoms with Crippen molar-refractivity contribution in [3.8, 4) is 0 Å². The normalized spacial score (nSPS) is 14.3. The van der Waals surface area contributed by atoms with Crippen molar-refractivity contribution in [2.75, 3.05) is 26.4 Å². The van der Waals surface area contributed by atoms with Crippen molar-refractivity contribution in [1.82, 2.24) is 0 Å². The molecule has 0 rings (SSSR count). The van der Waals surface area contributed by atoms with E-state index in [9.17, 15) is 19.0 Å². The summed E-state index contributed by atoms with van der Waals surface area (Å²) in [5.41, 5.74) is 5.39. The molecule has 0 aromatic heterocycles. The Labute approximate surface area is 543 Å². The van der Waals surface area contributed by atoms with Gasteiger partial charge in [0, 0.05) is 19.4 Å². The maximum atomic E-state index is 12.8. The molecule has 496 valence electrons. The Kier molecular flexibility index (Phi) is 66.9. The standard InChI is InChI=1S/C79H122NO8P/c1-3-5-7-9-11-13-15-17-19-21-23-25-27-29-31-33-35-37-38-40-42-44-46-48-50-52-54-56-58-60-62-64-66-68-70-72-79(82)88-77(76-87-89(83,84)86-74-73-80)75-85-78(81)71-69-67-65-63-61-59-57-55-53-51-49-47-45-43-41-39-36-34-32-30-28-26-24-22-20-18-16-14-12-10-8-6-4-2/h5-8,11-14,17-20,23-26,29-32,35-37,39-40,42-43,45-46,48-49,51-52,54,58,60,77H,3-4,9-10,15-16,21-22,27-28,33-34,38,41,44,47,50,53,55-57,59,61-76,80H2,1-2H3,(H,83,84)/b7-5-,8-6-,13-11-,14-12-,19-17-,20-18-,25-23-,26-24-,31-29-,32-30-,37-35-,39-36-,42-40-,45-43-,48-46-,51-49-,54-52-,60-58-. The third-order valence-electron chi connectivity index (χ3n) is 13.4. The first-order valence-electron chi connectivity index (χ1n) is 34.2. The smallest absolute Gasteiger partial charge is 0.462 e. The summed E-state index contributed by atoms with van der Waals surface area (Å²) in [6.45, 7) is 3.44. The molecule has 0 saturated carbocycles. The number of hydrogen-bond donors (Lipinski definition) is 2. The van der Waals surface area contributed by atoms with Gasteiger partial charge in [0.05, 0.1) is 13.2 Å². The van der Waals surface area contributed by atoms with Crippen LogP contribution in [-0.4, -0.2) is 49.3 Å². The van der Waals surface area contributed by atoms with Crippen LogP contribution in [-0.2, 0) is 32.7 Å². The van der Waals surface area contributed by atoms with Gasteiger partial charge < -0.3 is 20.1 Å². The number of phosphoric ester groups is 1. The Morgan fingerprint density at radius 2 is 0.584 bits per heavy atom. The van der Waals surface area contributed by atoms with Crippen molar-refractivity contribution in [2.24, 2.45) is 5.73 Å². The maximum Gasteiger partial charge on any atom is 0.472 e. The number of nitrogens with two attached hydrogens (primary N) is 1. The molecule has 10 heteroatoms. The van der Waals surface area contributed by atoms with E-state index in [1.54, 1.807) is 0 Å². The van der Waals surface area contributed by atoms with Crippen LogP contribution in [0.1, 0.15) is 232 Å². The molecule has 0 aliphatic carbocycles. The minimum Gasteiger partial charge on any atom is -0.462 e. The van der Waals surface area contributed by atoms with Gasteiger partial charge in [0.1, 0.15) is 6.61 Å². The zero-order valence-electron chi connectivity index (χ0n) is 55.6. The third kappa shape index (κ3) is 71.3. The Morgan fingerprint density at radius 1 is 0.337 bits per heavy atom. The predicted octanol–water partition coefficient (Wildman–Crippen LogP) is 22.8. The van der Waals surface area contributed by atoms with Crippen LogP contribution in [0.15, 0.2) is 219 Å². The lowest BCUT2D eigenvalue weighted by Gasteiger charge is -2.19. The number of hydrogen-bond acceptors (Lipinski definition) is 8. The van der Waals surface area contributed by atoms with Crippen molar-refractivity contribution >= 4 is 19.8 Å². The zero-order valence-corrected chi connectivity index (χ0v) is 56.5. The molecule has 0 aliphatic heterocycles. The molecule has 3 N–H and O–H groups in total. The molecule has 0 spiro atoms. The largest absolute Gasteiger partial charge is 0.472 e. The van der Waals surface area contributed by atoms with Crippen LogP contribution < -0.4 is 5.73 Å². The van der Waals surface area contributed by atoms with E-state index in [0.29, 0.717) is 12.8 Å². The van der Waals surface area contributed by atoms with Gasteiger partial charge in [-0.05, 0) is 154 Å². The van der Waals surface area contributed by atoms with E-state index in [0.717, 1.165) is 167 Å². The summed E-state index contributed by atoms with van der Waals surface area (Å²) in [4.78, 5) is 35.3. The topological polar surface area (TPSA) is 134 Å². The fraction of sp³-hybridized carbons (Fsp3) is 0.519. The number of carbonyl (C=O) groups is 2. The van der Waals surface area contributed by atoms with E-state index in [2.05, 4.69) is 233 Å². The monoisotopic (exact) mass is 1240 g/mol. The van der Waals surface area contributed by atoms with Crippen molar-refractivity contribution in [3.63, 3.8) is 0 Å². The van der Waals surface area contributed by atoms with E-state index < -0.39 is 32.5 Å². The van der Waals surface area contributed by atoms with Crippen LogP contribution in [0.4, 0.5) is 0 Å². The van der Waals surface area contributed by atoms with Crippen LogP contribution in [0.25, 0.3) is 0 Å². The van der Waals surface area contributed by atoms with Crippen LogP contribution in [0.2, 0.25) is 0 Å². The number of phosphoric acid groups is 1. The van der Waals surface area contributed by atoms with E-state index in [-0.39, 0.29) is 32.6 Å². The highest BCUT2D eigenvalue weighted by molar-refractivity contribution is 7.47. The van der Waals surface area contributed by atoms with Gasteiger partial charge in [-0.3, -0.25) is 18.6 Å². The second kappa shape index (κ2) is 71.4. The van der Waals surface area contributed by atoms with Crippen LogP contribution >= 0.6 is 7.82 Å². The van der Waals surface area contributed by atoms with Crippen LogP contribution in [0.5, 0.6) is 0 Å². The first-order valence-corrected chi connectivity index (χ1v) is 35.7. The van der Waals surface area contributed by atoms with Gasteiger partial charge in [-0.1, -0.05) is 284 Å². The third-order valence-corrected chi connectivity index (χ3v) is 14.3. The van der Waals surface area contributed by atoms with Crippen LogP contribution in [0, 0.1) is 0 Å². The Hall–Kier alpha value is -5.67. The van der Waals surface area contributed by atoms with Crippen molar-refractivity contribution in [2.45, 2.75) is 238 Å². The first-order chi connectivity index (χ1) is 43.8. The summed E-state index contributed by atoms with van der Waals surface area (Å²) < 4.78 is 33.1. The summed E-state index contributed by atoms with van der Waals surface area (Å²) >= 11 is 0. The molecule has 0 aromatic carbocycles. The average Bonchev–Trinajstić information content (AvgIpc) is 3.66. The molecule has 0 amide bonds. The molecule has 89 heavy (non-hydrogen) atoms. The Bertz CT molecular complexity index is 2260. The minimum atomic E-state index is -4.42. The second-order valence-electron chi connectivity index (χ2n) is 21.6. The van der Waals surface area contributed by atoms with Gasteiger partial charge in [-0.2, -0.15) is 0 Å². The molecule has 0 fully saturated rings. The van der Waals surface area contributed by atoms with Gasteiger partial charge in [0.2, 0.25) is 0 Å². The van der Waals surface area contributed by atoms with E-state index >= 15 is 0 Å². The SMILES string of the molecule is CC/C=C\C/C=C\C/C=C\C/C=C\C/C=C\C/C=C\C/C=C\C/C=C\C/C=C\C/C=C\CCCCCCC(=O)OC(COC(=O)CCCCCCCCCC/C=C\C/C=C\C/C=C\C/C=C\C/C=C\C/C=C\C/C=C\C/C=C\CC)COP(=O)(O)OCCN. The van der Waals surface area contributed by atoms with Gasteiger partial charge in [0.15, 0.2) is 6.10 Å². The fourth-order valence-corrected chi connectivity index (χ4v) is 9.15.